The summed E-state index contributed by atoms with van der Waals surface area (Å²) in [4.78, 5) is 14.0. The molecule has 16 heavy (non-hydrogen) atoms. The topological polar surface area (TPSA) is 58.4 Å². The number of nitrogens with zero attached hydrogens (tertiary/aromatic N) is 1. The second kappa shape index (κ2) is 7.63. The number of carbonyl (C=O) groups is 1. The molecule has 4 nitrogen and oxygen atoms in total. The zero-order valence-corrected chi connectivity index (χ0v) is 11.2. The lowest BCUT2D eigenvalue weighted by Crippen LogP contribution is -2.51. The first kappa shape index (κ1) is 15.4. The summed E-state index contributed by atoms with van der Waals surface area (Å²) in [5, 5.41) is 2.89. The average molecular weight is 229 g/mol. The lowest BCUT2D eigenvalue weighted by molar-refractivity contribution is -0.125. The van der Waals surface area contributed by atoms with Gasteiger partial charge in [-0.1, -0.05) is 20.8 Å². The minimum atomic E-state index is -0.727. The van der Waals surface area contributed by atoms with E-state index in [-0.39, 0.29) is 5.91 Å². The molecule has 0 bridgehead atoms. The van der Waals surface area contributed by atoms with Crippen LogP contribution in [-0.2, 0) is 4.79 Å². The van der Waals surface area contributed by atoms with Gasteiger partial charge in [-0.2, -0.15) is 0 Å². The number of hydrogen-bond acceptors (Lipinski definition) is 3. The van der Waals surface area contributed by atoms with Crippen LogP contribution in [0.15, 0.2) is 0 Å². The molecule has 0 radical (unpaired) electrons. The minimum Gasteiger partial charge on any atom is -0.354 e. The van der Waals surface area contributed by atoms with E-state index in [1.54, 1.807) is 6.92 Å². The van der Waals surface area contributed by atoms with Gasteiger partial charge in [0.25, 0.3) is 0 Å². The number of carbonyl (C=O) groups excluding carboxylic acids is 1. The molecule has 3 N–H and O–H groups in total. The van der Waals surface area contributed by atoms with Gasteiger partial charge in [-0.25, -0.2) is 0 Å². The van der Waals surface area contributed by atoms with Crippen LogP contribution in [0.4, 0.5) is 0 Å². The van der Waals surface area contributed by atoms with Gasteiger partial charge in [0, 0.05) is 6.54 Å². The van der Waals surface area contributed by atoms with Crippen molar-refractivity contribution in [1.82, 2.24) is 10.2 Å². The summed E-state index contributed by atoms with van der Waals surface area (Å²) < 4.78 is 0. The van der Waals surface area contributed by atoms with E-state index in [9.17, 15) is 4.79 Å². The van der Waals surface area contributed by atoms with Crippen molar-refractivity contribution in [2.75, 3.05) is 26.2 Å². The minimum absolute atomic E-state index is 0.0467. The van der Waals surface area contributed by atoms with Crippen molar-refractivity contribution in [2.45, 2.75) is 46.1 Å². The fourth-order valence-electron chi connectivity index (χ4n) is 1.41. The highest BCUT2D eigenvalue weighted by Crippen LogP contribution is 2.03. The number of nitrogens with two attached hydrogens (primary N) is 1. The molecule has 0 spiro atoms. The van der Waals surface area contributed by atoms with E-state index in [2.05, 4.69) is 24.1 Å². The van der Waals surface area contributed by atoms with Gasteiger partial charge in [-0.15, -0.1) is 0 Å². The normalized spacial score (nSPS) is 14.9. The highest BCUT2D eigenvalue weighted by molar-refractivity contribution is 5.85. The Balaban J connectivity index is 3.71. The van der Waals surface area contributed by atoms with Crippen molar-refractivity contribution in [3.8, 4) is 0 Å². The summed E-state index contributed by atoms with van der Waals surface area (Å²) in [5.41, 5.74) is 5.10. The molecule has 0 heterocycles. The van der Waals surface area contributed by atoms with Gasteiger partial charge in [0.1, 0.15) is 0 Å². The van der Waals surface area contributed by atoms with Gasteiger partial charge in [-0.05, 0) is 39.4 Å². The first-order valence-electron chi connectivity index (χ1n) is 6.27. The van der Waals surface area contributed by atoms with E-state index in [4.69, 9.17) is 5.73 Å². The van der Waals surface area contributed by atoms with Crippen LogP contribution >= 0.6 is 0 Å². The Morgan fingerprint density at radius 1 is 1.31 bits per heavy atom. The van der Waals surface area contributed by atoms with Gasteiger partial charge >= 0.3 is 0 Å². The molecule has 0 aliphatic heterocycles. The van der Waals surface area contributed by atoms with Crippen LogP contribution in [0, 0.1) is 0 Å². The smallest absolute Gasteiger partial charge is 0.239 e. The van der Waals surface area contributed by atoms with E-state index in [0.717, 1.165) is 26.1 Å². The van der Waals surface area contributed by atoms with E-state index in [0.29, 0.717) is 13.0 Å². The lowest BCUT2D eigenvalue weighted by atomic mass is 10.00. The number of nitrogens with one attached hydrogen (secondary N) is 1. The molecule has 0 aromatic heterocycles. The lowest BCUT2D eigenvalue weighted by Gasteiger charge is -2.22. The maximum absolute atomic E-state index is 11.6. The fraction of sp³-hybridized carbons (Fsp3) is 0.917. The Morgan fingerprint density at radius 3 is 2.31 bits per heavy atom. The van der Waals surface area contributed by atoms with Crippen LogP contribution < -0.4 is 11.1 Å². The van der Waals surface area contributed by atoms with Crippen molar-refractivity contribution in [3.05, 3.63) is 0 Å². The van der Waals surface area contributed by atoms with E-state index in [1.165, 1.54) is 0 Å². The van der Waals surface area contributed by atoms with Gasteiger partial charge in [0.05, 0.1) is 5.54 Å². The largest absolute Gasteiger partial charge is 0.354 e. The Labute approximate surface area is 99.6 Å². The van der Waals surface area contributed by atoms with Crippen molar-refractivity contribution < 1.29 is 4.79 Å². The Bertz CT molecular complexity index is 200. The monoisotopic (exact) mass is 229 g/mol. The van der Waals surface area contributed by atoms with Gasteiger partial charge < -0.3 is 16.0 Å². The fourth-order valence-corrected chi connectivity index (χ4v) is 1.41. The third-order valence-electron chi connectivity index (χ3n) is 3.08. The zero-order chi connectivity index (χ0) is 12.6. The van der Waals surface area contributed by atoms with Crippen LogP contribution in [-0.4, -0.2) is 42.5 Å². The second-order valence-electron chi connectivity index (χ2n) is 4.41. The number of rotatable bonds is 8. The summed E-state index contributed by atoms with van der Waals surface area (Å²) in [6, 6.07) is 0. The molecule has 96 valence electrons. The molecule has 0 saturated carbocycles. The summed E-state index contributed by atoms with van der Waals surface area (Å²) >= 11 is 0. The van der Waals surface area contributed by atoms with Crippen LogP contribution in [0.1, 0.15) is 40.5 Å². The van der Waals surface area contributed by atoms with Gasteiger partial charge in [0.15, 0.2) is 0 Å². The standard InChI is InChI=1S/C12H27N3O/c1-5-12(4,13)11(16)14-9-8-10-15(6-2)7-3/h5-10,13H2,1-4H3,(H,14,16). The summed E-state index contributed by atoms with van der Waals surface area (Å²) in [5.74, 6) is -0.0467. The average Bonchev–Trinajstić information content (AvgIpc) is 2.29. The molecule has 1 unspecified atom stereocenters. The highest BCUT2D eigenvalue weighted by atomic mass is 16.2. The molecule has 1 atom stereocenters. The van der Waals surface area contributed by atoms with E-state index in [1.807, 2.05) is 6.92 Å². The zero-order valence-electron chi connectivity index (χ0n) is 11.2. The molecule has 0 fully saturated rings. The van der Waals surface area contributed by atoms with Crippen molar-refractivity contribution >= 4 is 5.91 Å². The summed E-state index contributed by atoms with van der Waals surface area (Å²) in [7, 11) is 0. The number of hydrogen-bond donors (Lipinski definition) is 2. The Morgan fingerprint density at radius 2 is 1.88 bits per heavy atom. The molecular weight excluding hydrogens is 202 g/mol. The van der Waals surface area contributed by atoms with Crippen molar-refractivity contribution in [1.29, 1.82) is 0 Å². The second-order valence-corrected chi connectivity index (χ2v) is 4.41. The molecular formula is C12H27N3O. The Hall–Kier alpha value is -0.610. The molecule has 0 rings (SSSR count). The first-order chi connectivity index (χ1) is 7.47. The molecule has 0 aromatic rings. The quantitative estimate of drug-likeness (QED) is 0.610. The molecule has 4 heteroatoms. The summed E-state index contributed by atoms with van der Waals surface area (Å²) in [6.45, 7) is 11.9. The maximum atomic E-state index is 11.6. The molecule has 0 aliphatic rings. The van der Waals surface area contributed by atoms with Gasteiger partial charge in [-0.3, -0.25) is 4.79 Å². The number of amides is 1. The first-order valence-corrected chi connectivity index (χ1v) is 6.27. The predicted octanol–water partition coefficient (Wildman–Crippen LogP) is 0.962. The van der Waals surface area contributed by atoms with Crippen LogP contribution in [0.25, 0.3) is 0 Å². The van der Waals surface area contributed by atoms with Gasteiger partial charge in [0.2, 0.25) is 5.91 Å². The maximum Gasteiger partial charge on any atom is 0.239 e. The van der Waals surface area contributed by atoms with E-state index < -0.39 is 5.54 Å². The summed E-state index contributed by atoms with van der Waals surface area (Å²) in [6.07, 6.45) is 1.64. The molecule has 1 amide bonds. The van der Waals surface area contributed by atoms with Crippen molar-refractivity contribution in [3.63, 3.8) is 0 Å². The van der Waals surface area contributed by atoms with E-state index >= 15 is 0 Å². The van der Waals surface area contributed by atoms with Crippen LogP contribution in [0.5, 0.6) is 0 Å². The third kappa shape index (κ3) is 5.47. The molecule has 0 saturated heterocycles. The van der Waals surface area contributed by atoms with Crippen LogP contribution in [0.3, 0.4) is 0 Å². The SMILES string of the molecule is CCN(CC)CCCNC(=O)C(C)(N)CC. The van der Waals surface area contributed by atoms with Crippen LogP contribution in [0.2, 0.25) is 0 Å². The molecule has 0 aliphatic carbocycles. The third-order valence-corrected chi connectivity index (χ3v) is 3.08. The van der Waals surface area contributed by atoms with Crippen molar-refractivity contribution in [2.24, 2.45) is 5.73 Å². The highest BCUT2D eigenvalue weighted by Gasteiger charge is 2.25. The molecule has 0 aromatic carbocycles. The predicted molar refractivity (Wildman–Crippen MR) is 68.3 cm³/mol. The Kier molecular flexibility index (Phi) is 7.34.